The van der Waals surface area contributed by atoms with E-state index in [-0.39, 0.29) is 0 Å². The maximum atomic E-state index is 9.97. The normalized spacial score (nSPS) is 10.2. The molecule has 0 spiro atoms. The van der Waals surface area contributed by atoms with Crippen LogP contribution in [0.3, 0.4) is 0 Å². The second-order valence-electron chi connectivity index (χ2n) is 1.95. The number of hydrogen-bond acceptors (Lipinski definition) is 1. The first kappa shape index (κ1) is 7.47. The molecule has 1 aromatic rings. The fraction of sp³-hybridized carbons (Fsp3) is 0. The van der Waals surface area contributed by atoms with Gasteiger partial charge in [-0.15, -0.1) is 0 Å². The molecule has 0 aliphatic rings. The number of hydrogen-bond donors (Lipinski definition) is 1. The van der Waals surface area contributed by atoms with Crippen molar-refractivity contribution in [3.05, 3.63) is 35.9 Å². The number of amides is 1. The molecule has 0 aliphatic carbocycles. The maximum Gasteiger partial charge on any atom is 0.431 e. The summed E-state index contributed by atoms with van der Waals surface area (Å²) in [6.07, 6.45) is 0.136. The van der Waals surface area contributed by atoms with Gasteiger partial charge in [0.1, 0.15) is 0 Å². The summed E-state index contributed by atoms with van der Waals surface area (Å²) in [6, 6.07) is 9.07. The monoisotopic (exact) mass is 149 g/mol. The Balaban J connectivity index is 2.72. The average Bonchev–Trinajstić information content (AvgIpc) is 2.03. The van der Waals surface area contributed by atoms with Crippen molar-refractivity contribution in [3.63, 3.8) is 0 Å². The topological polar surface area (TPSA) is 49.7 Å². The number of aliphatic imine (C=N–C) groups is 1. The van der Waals surface area contributed by atoms with E-state index in [1.54, 1.807) is 12.1 Å². The summed E-state index contributed by atoms with van der Waals surface area (Å²) >= 11 is 0. The van der Waals surface area contributed by atoms with E-state index < -0.39 is 6.09 Å². The highest BCUT2D eigenvalue weighted by Crippen LogP contribution is 1.93. The smallest absolute Gasteiger partial charge is 0.431 e. The van der Waals surface area contributed by atoms with Gasteiger partial charge in [0.2, 0.25) is 0 Å². The molecule has 3 heteroatoms. The molecule has 0 bridgehead atoms. The van der Waals surface area contributed by atoms with Crippen LogP contribution in [0.25, 0.3) is 0 Å². The number of carbonyl (C=O) groups is 1. The van der Waals surface area contributed by atoms with Gasteiger partial charge in [-0.3, -0.25) is 0 Å². The predicted octanol–water partition coefficient (Wildman–Crippen LogP) is 1.78. The van der Waals surface area contributed by atoms with Crippen LogP contribution in [0.4, 0.5) is 4.79 Å². The highest BCUT2D eigenvalue weighted by Gasteiger charge is 1.86. The molecule has 0 aromatic heterocycles. The molecule has 1 N–H and O–H groups in total. The van der Waals surface area contributed by atoms with Crippen molar-refractivity contribution in [1.82, 2.24) is 0 Å². The summed E-state index contributed by atoms with van der Waals surface area (Å²) < 4.78 is 0. The Hall–Kier alpha value is -1.64. The molecule has 1 amide bonds. The third-order valence-corrected chi connectivity index (χ3v) is 1.12. The van der Waals surface area contributed by atoms with Crippen molar-refractivity contribution >= 4 is 12.3 Å². The summed E-state index contributed by atoms with van der Waals surface area (Å²) in [5.74, 6) is 0. The fourth-order valence-corrected chi connectivity index (χ4v) is 0.669. The molecule has 3 nitrogen and oxygen atoms in total. The molecule has 0 atom stereocenters. The Kier molecular flexibility index (Phi) is 2.38. The quantitative estimate of drug-likeness (QED) is 0.619. The van der Waals surface area contributed by atoms with E-state index in [1.165, 1.54) is 6.21 Å². The number of nitrogens with zero attached hydrogens (tertiary/aromatic N) is 1. The van der Waals surface area contributed by atoms with Crippen molar-refractivity contribution in [1.29, 1.82) is 0 Å². The molecule has 0 radical (unpaired) electrons. The van der Waals surface area contributed by atoms with Gasteiger partial charge < -0.3 is 5.11 Å². The van der Waals surface area contributed by atoms with Crippen LogP contribution in [-0.4, -0.2) is 17.4 Å². The van der Waals surface area contributed by atoms with E-state index in [4.69, 9.17) is 5.11 Å². The van der Waals surface area contributed by atoms with E-state index in [0.29, 0.717) is 0 Å². The lowest BCUT2D eigenvalue weighted by molar-refractivity contribution is 0.206. The second-order valence-corrected chi connectivity index (χ2v) is 1.95. The van der Waals surface area contributed by atoms with Crippen LogP contribution in [-0.2, 0) is 0 Å². The fourth-order valence-electron chi connectivity index (χ4n) is 0.669. The molecule has 0 heterocycles. The van der Waals surface area contributed by atoms with Crippen molar-refractivity contribution in [2.75, 3.05) is 0 Å². The predicted molar refractivity (Wildman–Crippen MR) is 42.1 cm³/mol. The lowest BCUT2D eigenvalue weighted by Crippen LogP contribution is -1.87. The third-order valence-electron chi connectivity index (χ3n) is 1.12. The van der Waals surface area contributed by atoms with Crippen molar-refractivity contribution in [2.24, 2.45) is 4.99 Å². The van der Waals surface area contributed by atoms with Crippen LogP contribution in [0.1, 0.15) is 5.56 Å². The van der Waals surface area contributed by atoms with Crippen LogP contribution in [0, 0.1) is 0 Å². The first-order valence-corrected chi connectivity index (χ1v) is 3.11. The molecule has 56 valence electrons. The van der Waals surface area contributed by atoms with Gasteiger partial charge in [-0.25, -0.2) is 4.79 Å². The molecule has 1 rings (SSSR count). The molecule has 1 aromatic carbocycles. The minimum Gasteiger partial charge on any atom is -0.463 e. The minimum atomic E-state index is -1.17. The zero-order chi connectivity index (χ0) is 8.10. The summed E-state index contributed by atoms with van der Waals surface area (Å²) in [5.41, 5.74) is 0.787. The van der Waals surface area contributed by atoms with E-state index >= 15 is 0 Å². The minimum absolute atomic E-state index is 0.787. The van der Waals surface area contributed by atoms with Gasteiger partial charge in [0, 0.05) is 6.21 Å². The molecule has 0 saturated heterocycles. The molecule has 0 aliphatic heterocycles. The molecular formula is C8H7NO2. The Bertz CT molecular complexity index is 267. The first-order chi connectivity index (χ1) is 5.29. The number of benzene rings is 1. The third kappa shape index (κ3) is 2.62. The van der Waals surface area contributed by atoms with E-state index in [0.717, 1.165) is 5.56 Å². The lowest BCUT2D eigenvalue weighted by Gasteiger charge is -1.87. The summed E-state index contributed by atoms with van der Waals surface area (Å²) in [4.78, 5) is 13.2. The van der Waals surface area contributed by atoms with Crippen LogP contribution in [0.15, 0.2) is 35.3 Å². The van der Waals surface area contributed by atoms with Gasteiger partial charge >= 0.3 is 6.09 Å². The first-order valence-electron chi connectivity index (χ1n) is 3.11. The summed E-state index contributed by atoms with van der Waals surface area (Å²) in [7, 11) is 0. The SMILES string of the molecule is O=C(O)/N=C/c1ccccc1. The molecule has 0 saturated carbocycles. The van der Waals surface area contributed by atoms with Crippen molar-refractivity contribution in [3.8, 4) is 0 Å². The summed E-state index contributed by atoms with van der Waals surface area (Å²) in [5, 5.41) is 8.18. The van der Waals surface area contributed by atoms with Crippen LogP contribution in [0.2, 0.25) is 0 Å². The Morgan fingerprint density at radius 1 is 1.36 bits per heavy atom. The van der Waals surface area contributed by atoms with E-state index in [2.05, 4.69) is 4.99 Å². The maximum absolute atomic E-state index is 9.97. The number of carboxylic acid groups (broad SMARTS) is 1. The van der Waals surface area contributed by atoms with Gasteiger partial charge in [-0.1, -0.05) is 30.3 Å². The van der Waals surface area contributed by atoms with E-state index in [9.17, 15) is 4.79 Å². The zero-order valence-corrected chi connectivity index (χ0v) is 5.77. The average molecular weight is 149 g/mol. The van der Waals surface area contributed by atoms with Crippen molar-refractivity contribution in [2.45, 2.75) is 0 Å². The van der Waals surface area contributed by atoms with Gasteiger partial charge in [-0.2, -0.15) is 4.99 Å². The molecule has 0 unspecified atom stereocenters. The van der Waals surface area contributed by atoms with Gasteiger partial charge in [-0.05, 0) is 5.56 Å². The summed E-state index contributed by atoms with van der Waals surface area (Å²) in [6.45, 7) is 0. The van der Waals surface area contributed by atoms with Crippen LogP contribution in [0.5, 0.6) is 0 Å². The van der Waals surface area contributed by atoms with Gasteiger partial charge in [0.15, 0.2) is 0 Å². The Morgan fingerprint density at radius 2 is 2.00 bits per heavy atom. The van der Waals surface area contributed by atoms with Gasteiger partial charge in [0.05, 0.1) is 0 Å². The zero-order valence-electron chi connectivity index (χ0n) is 5.77. The Morgan fingerprint density at radius 3 is 2.55 bits per heavy atom. The molecule has 11 heavy (non-hydrogen) atoms. The van der Waals surface area contributed by atoms with Crippen LogP contribution >= 0.6 is 0 Å². The highest BCUT2D eigenvalue weighted by atomic mass is 16.4. The standard InChI is InChI=1S/C8H7NO2/c10-8(11)9-6-7-4-2-1-3-5-7/h1-6H,(H,10,11)/b9-6+. The largest absolute Gasteiger partial charge is 0.463 e. The molecule has 0 fully saturated rings. The molecular weight excluding hydrogens is 142 g/mol. The number of rotatable bonds is 1. The van der Waals surface area contributed by atoms with Gasteiger partial charge in [0.25, 0.3) is 0 Å². The van der Waals surface area contributed by atoms with Crippen molar-refractivity contribution < 1.29 is 9.90 Å². The van der Waals surface area contributed by atoms with Crippen LogP contribution < -0.4 is 0 Å². The van der Waals surface area contributed by atoms with E-state index in [1.807, 2.05) is 18.2 Å². The Labute approximate surface area is 64.0 Å². The second kappa shape index (κ2) is 3.51. The highest BCUT2D eigenvalue weighted by molar-refractivity contribution is 5.87. The lowest BCUT2D eigenvalue weighted by atomic mass is 10.2.